The second-order valence-corrected chi connectivity index (χ2v) is 7.53. The van der Waals surface area contributed by atoms with Crippen molar-refractivity contribution in [1.82, 2.24) is 5.32 Å². The Morgan fingerprint density at radius 1 is 1.53 bits per heavy atom. The third kappa shape index (κ3) is 4.36. The first-order valence-electron chi connectivity index (χ1n) is 7.21. The predicted octanol–water partition coefficient (Wildman–Crippen LogP) is 1.97. The largest absolute Gasteiger partial charge is 0.465 e. The van der Waals surface area contributed by atoms with Crippen molar-refractivity contribution < 1.29 is 14.3 Å². The lowest BCUT2D eigenvalue weighted by molar-refractivity contribution is -0.150. The van der Waals surface area contributed by atoms with Crippen LogP contribution in [0.3, 0.4) is 0 Å². The summed E-state index contributed by atoms with van der Waals surface area (Å²) in [6, 6.07) is 0.499. The lowest BCUT2D eigenvalue weighted by atomic mass is 9.95. The average molecular weight is 287 g/mol. The molecule has 1 saturated heterocycles. The molecule has 0 aromatic heterocycles. The Morgan fingerprint density at radius 2 is 2.21 bits per heavy atom. The van der Waals surface area contributed by atoms with Crippen LogP contribution in [-0.2, 0) is 14.3 Å². The lowest BCUT2D eigenvalue weighted by Gasteiger charge is -2.34. The standard InChI is InChI=1S/C14H25NO3S/c1-4-18-13(16)14(3,15-11-5-6-11)7-10(2)19-12-8-17-9-12/h10-12,15H,4-9H2,1-3H3. The summed E-state index contributed by atoms with van der Waals surface area (Å²) in [6.07, 6.45) is 3.16. The highest BCUT2D eigenvalue weighted by Gasteiger charge is 2.41. The molecule has 0 amide bonds. The van der Waals surface area contributed by atoms with Gasteiger partial charge in [-0.2, -0.15) is 11.8 Å². The van der Waals surface area contributed by atoms with E-state index in [0.717, 1.165) is 19.6 Å². The monoisotopic (exact) mass is 287 g/mol. The Labute approximate surface area is 120 Å². The molecule has 2 rings (SSSR count). The molecule has 2 atom stereocenters. The fraction of sp³-hybridized carbons (Fsp3) is 0.929. The van der Waals surface area contributed by atoms with Gasteiger partial charge >= 0.3 is 5.97 Å². The van der Waals surface area contributed by atoms with Crippen molar-refractivity contribution in [2.24, 2.45) is 0 Å². The summed E-state index contributed by atoms with van der Waals surface area (Å²) < 4.78 is 10.4. The summed E-state index contributed by atoms with van der Waals surface area (Å²) in [5.41, 5.74) is -0.547. The van der Waals surface area contributed by atoms with Gasteiger partial charge < -0.3 is 9.47 Å². The molecule has 1 N–H and O–H groups in total. The molecule has 2 unspecified atom stereocenters. The van der Waals surface area contributed by atoms with E-state index in [9.17, 15) is 4.79 Å². The van der Waals surface area contributed by atoms with E-state index >= 15 is 0 Å². The van der Waals surface area contributed by atoms with E-state index in [2.05, 4.69) is 12.2 Å². The summed E-state index contributed by atoms with van der Waals surface area (Å²) >= 11 is 1.92. The van der Waals surface area contributed by atoms with Gasteiger partial charge in [0.05, 0.1) is 25.1 Å². The minimum atomic E-state index is -0.547. The highest BCUT2D eigenvalue weighted by Crippen LogP contribution is 2.32. The fourth-order valence-electron chi connectivity index (χ4n) is 2.41. The van der Waals surface area contributed by atoms with Gasteiger partial charge in [0.1, 0.15) is 5.54 Å². The van der Waals surface area contributed by atoms with E-state index < -0.39 is 5.54 Å². The van der Waals surface area contributed by atoms with Crippen LogP contribution < -0.4 is 5.32 Å². The molecule has 1 aliphatic heterocycles. The molecular weight excluding hydrogens is 262 g/mol. The molecular formula is C14H25NO3S. The van der Waals surface area contributed by atoms with Crippen molar-refractivity contribution in [3.05, 3.63) is 0 Å². The molecule has 0 bridgehead atoms. The van der Waals surface area contributed by atoms with Gasteiger partial charge in [-0.15, -0.1) is 0 Å². The van der Waals surface area contributed by atoms with Gasteiger partial charge in [-0.05, 0) is 33.1 Å². The van der Waals surface area contributed by atoms with E-state index in [0.29, 0.717) is 23.1 Å². The minimum absolute atomic E-state index is 0.112. The topological polar surface area (TPSA) is 47.6 Å². The predicted molar refractivity (Wildman–Crippen MR) is 77.5 cm³/mol. The minimum Gasteiger partial charge on any atom is -0.465 e. The molecule has 0 aromatic carbocycles. The van der Waals surface area contributed by atoms with E-state index in [4.69, 9.17) is 9.47 Å². The number of carbonyl (C=O) groups excluding carboxylic acids is 1. The molecule has 19 heavy (non-hydrogen) atoms. The van der Waals surface area contributed by atoms with Crippen LogP contribution in [0.25, 0.3) is 0 Å². The zero-order chi connectivity index (χ0) is 13.9. The van der Waals surface area contributed by atoms with Crippen LogP contribution in [0.4, 0.5) is 0 Å². The number of hydrogen-bond acceptors (Lipinski definition) is 5. The van der Waals surface area contributed by atoms with E-state index in [-0.39, 0.29) is 5.97 Å². The highest BCUT2D eigenvalue weighted by atomic mass is 32.2. The van der Waals surface area contributed by atoms with Crippen molar-refractivity contribution in [2.45, 2.75) is 62.1 Å². The smallest absolute Gasteiger partial charge is 0.326 e. The number of hydrogen-bond donors (Lipinski definition) is 1. The molecule has 1 aliphatic carbocycles. The van der Waals surface area contributed by atoms with Gasteiger partial charge in [0.25, 0.3) is 0 Å². The fourth-order valence-corrected chi connectivity index (χ4v) is 3.85. The number of thioether (sulfide) groups is 1. The molecule has 1 saturated carbocycles. The third-order valence-corrected chi connectivity index (χ3v) is 4.84. The quantitative estimate of drug-likeness (QED) is 0.692. The number of carbonyl (C=O) groups is 1. The summed E-state index contributed by atoms with van der Waals surface area (Å²) in [4.78, 5) is 12.2. The number of esters is 1. The summed E-state index contributed by atoms with van der Waals surface area (Å²) in [5.74, 6) is -0.112. The molecule has 0 aromatic rings. The summed E-state index contributed by atoms with van der Waals surface area (Å²) in [7, 11) is 0. The van der Waals surface area contributed by atoms with Crippen molar-refractivity contribution in [3.63, 3.8) is 0 Å². The van der Waals surface area contributed by atoms with E-state index in [1.807, 2.05) is 25.6 Å². The van der Waals surface area contributed by atoms with Crippen LogP contribution in [0.2, 0.25) is 0 Å². The van der Waals surface area contributed by atoms with Gasteiger partial charge in [0.2, 0.25) is 0 Å². The van der Waals surface area contributed by atoms with Crippen LogP contribution in [0.5, 0.6) is 0 Å². The zero-order valence-electron chi connectivity index (χ0n) is 12.1. The van der Waals surface area contributed by atoms with Crippen LogP contribution in [0.1, 0.15) is 40.0 Å². The van der Waals surface area contributed by atoms with Gasteiger partial charge in [0, 0.05) is 11.3 Å². The Hall–Kier alpha value is -0.260. The SMILES string of the molecule is CCOC(=O)C(C)(CC(C)SC1COC1)NC1CC1. The molecule has 110 valence electrons. The normalized spacial score (nSPS) is 24.4. The van der Waals surface area contributed by atoms with Gasteiger partial charge in [0.15, 0.2) is 0 Å². The molecule has 2 fully saturated rings. The maximum Gasteiger partial charge on any atom is 0.326 e. The average Bonchev–Trinajstić information content (AvgIpc) is 3.07. The first-order valence-corrected chi connectivity index (χ1v) is 8.16. The first kappa shape index (κ1) is 15.1. The first-order chi connectivity index (χ1) is 9.03. The van der Waals surface area contributed by atoms with Crippen LogP contribution in [0.15, 0.2) is 0 Å². The Morgan fingerprint density at radius 3 is 2.68 bits per heavy atom. The van der Waals surface area contributed by atoms with E-state index in [1.54, 1.807) is 0 Å². The number of nitrogens with one attached hydrogen (secondary N) is 1. The molecule has 1 heterocycles. The zero-order valence-corrected chi connectivity index (χ0v) is 12.9. The Kier molecular flexibility index (Phi) is 5.15. The lowest BCUT2D eigenvalue weighted by Crippen LogP contribution is -2.53. The Balaban J connectivity index is 1.88. The number of ether oxygens (including phenoxy) is 2. The van der Waals surface area contributed by atoms with E-state index in [1.165, 1.54) is 12.8 Å². The molecule has 0 spiro atoms. The van der Waals surface area contributed by atoms with Crippen molar-refractivity contribution >= 4 is 17.7 Å². The summed E-state index contributed by atoms with van der Waals surface area (Å²) in [5, 5.41) is 4.50. The second kappa shape index (κ2) is 6.46. The van der Waals surface area contributed by atoms with Crippen molar-refractivity contribution in [2.75, 3.05) is 19.8 Å². The highest BCUT2D eigenvalue weighted by molar-refractivity contribution is 8.00. The summed E-state index contributed by atoms with van der Waals surface area (Å²) in [6.45, 7) is 8.17. The van der Waals surface area contributed by atoms with Crippen LogP contribution >= 0.6 is 11.8 Å². The number of rotatable bonds is 8. The van der Waals surface area contributed by atoms with Crippen LogP contribution in [0, 0.1) is 0 Å². The van der Waals surface area contributed by atoms with Crippen molar-refractivity contribution in [3.8, 4) is 0 Å². The Bertz CT molecular complexity index is 318. The maximum atomic E-state index is 12.2. The molecule has 5 heteroatoms. The maximum absolute atomic E-state index is 12.2. The van der Waals surface area contributed by atoms with Crippen LogP contribution in [-0.4, -0.2) is 47.9 Å². The molecule has 0 radical (unpaired) electrons. The second-order valence-electron chi connectivity index (χ2n) is 5.78. The van der Waals surface area contributed by atoms with Crippen molar-refractivity contribution in [1.29, 1.82) is 0 Å². The molecule has 4 nitrogen and oxygen atoms in total. The van der Waals surface area contributed by atoms with Gasteiger partial charge in [-0.1, -0.05) is 6.92 Å². The third-order valence-electron chi connectivity index (χ3n) is 3.55. The van der Waals surface area contributed by atoms with Gasteiger partial charge in [-0.3, -0.25) is 10.1 Å². The molecule has 2 aliphatic rings. The van der Waals surface area contributed by atoms with Gasteiger partial charge in [-0.25, -0.2) is 0 Å².